The standard InChI is InChI=1S/C13H11N3O3/c1-7-9(6-16(2)15-7)12-14-10-5-3-4-8(13(17)18)11(10)19-12/h3-6H,1-2H3,(H,17,18). The van der Waals surface area contributed by atoms with Crippen LogP contribution in [0.5, 0.6) is 0 Å². The van der Waals surface area contributed by atoms with Crippen LogP contribution in [0.4, 0.5) is 0 Å². The molecular weight excluding hydrogens is 246 g/mol. The highest BCUT2D eigenvalue weighted by atomic mass is 16.4. The molecule has 0 atom stereocenters. The van der Waals surface area contributed by atoms with Gasteiger partial charge in [-0.3, -0.25) is 4.68 Å². The minimum absolute atomic E-state index is 0.109. The summed E-state index contributed by atoms with van der Waals surface area (Å²) in [5.74, 6) is -0.648. The molecular formula is C13H11N3O3. The largest absolute Gasteiger partial charge is 0.478 e. The summed E-state index contributed by atoms with van der Waals surface area (Å²) in [5, 5.41) is 13.3. The molecule has 0 aliphatic carbocycles. The van der Waals surface area contributed by atoms with Crippen LogP contribution in [0.1, 0.15) is 16.1 Å². The highest BCUT2D eigenvalue weighted by molar-refractivity contribution is 6.00. The van der Waals surface area contributed by atoms with Crippen LogP contribution in [-0.4, -0.2) is 25.8 Å². The van der Waals surface area contributed by atoms with Crippen molar-refractivity contribution >= 4 is 17.1 Å². The minimum Gasteiger partial charge on any atom is -0.478 e. The number of fused-ring (bicyclic) bond motifs is 1. The molecule has 0 saturated heterocycles. The van der Waals surface area contributed by atoms with Gasteiger partial charge < -0.3 is 9.52 Å². The molecule has 3 rings (SSSR count). The molecule has 0 aliphatic rings. The number of aromatic carboxylic acids is 1. The molecule has 2 aromatic heterocycles. The second-order valence-electron chi connectivity index (χ2n) is 4.28. The van der Waals surface area contributed by atoms with E-state index in [-0.39, 0.29) is 11.1 Å². The van der Waals surface area contributed by atoms with Gasteiger partial charge in [-0.15, -0.1) is 0 Å². The van der Waals surface area contributed by atoms with E-state index in [0.717, 1.165) is 11.3 Å². The number of oxazole rings is 1. The fourth-order valence-corrected chi connectivity index (χ4v) is 2.04. The van der Waals surface area contributed by atoms with Gasteiger partial charge >= 0.3 is 5.97 Å². The van der Waals surface area contributed by atoms with Gasteiger partial charge in [0.25, 0.3) is 0 Å². The summed E-state index contributed by atoms with van der Waals surface area (Å²) in [4.78, 5) is 15.4. The average molecular weight is 257 g/mol. The fraction of sp³-hybridized carbons (Fsp3) is 0.154. The van der Waals surface area contributed by atoms with Crippen LogP contribution in [0.3, 0.4) is 0 Å². The van der Waals surface area contributed by atoms with Crippen molar-refractivity contribution in [3.8, 4) is 11.5 Å². The van der Waals surface area contributed by atoms with Crippen molar-refractivity contribution in [2.24, 2.45) is 7.05 Å². The van der Waals surface area contributed by atoms with Gasteiger partial charge in [-0.1, -0.05) is 6.07 Å². The maximum absolute atomic E-state index is 11.1. The van der Waals surface area contributed by atoms with Gasteiger partial charge in [0.15, 0.2) is 5.58 Å². The molecule has 0 saturated carbocycles. The van der Waals surface area contributed by atoms with E-state index >= 15 is 0 Å². The van der Waals surface area contributed by atoms with Gasteiger partial charge in [0.2, 0.25) is 5.89 Å². The number of rotatable bonds is 2. The van der Waals surface area contributed by atoms with Crippen molar-refractivity contribution in [3.05, 3.63) is 35.7 Å². The van der Waals surface area contributed by atoms with Crippen molar-refractivity contribution in [3.63, 3.8) is 0 Å². The third kappa shape index (κ3) is 1.77. The second-order valence-corrected chi connectivity index (χ2v) is 4.28. The zero-order chi connectivity index (χ0) is 13.6. The van der Waals surface area contributed by atoms with Gasteiger partial charge in [0, 0.05) is 13.2 Å². The number of nitrogens with zero attached hydrogens (tertiary/aromatic N) is 3. The first kappa shape index (κ1) is 11.5. The van der Waals surface area contributed by atoms with Gasteiger partial charge in [-0.2, -0.15) is 5.10 Å². The lowest BCUT2D eigenvalue weighted by Gasteiger charge is -1.93. The van der Waals surface area contributed by atoms with Crippen LogP contribution in [0.15, 0.2) is 28.8 Å². The molecule has 1 aromatic carbocycles. The Bertz CT molecular complexity index is 786. The van der Waals surface area contributed by atoms with E-state index in [0.29, 0.717) is 11.4 Å². The van der Waals surface area contributed by atoms with Crippen molar-refractivity contribution < 1.29 is 14.3 Å². The molecule has 96 valence electrons. The highest BCUT2D eigenvalue weighted by Gasteiger charge is 2.17. The Hall–Kier alpha value is -2.63. The Morgan fingerprint density at radius 2 is 2.21 bits per heavy atom. The van der Waals surface area contributed by atoms with E-state index in [1.54, 1.807) is 23.0 Å². The number of hydrogen-bond acceptors (Lipinski definition) is 4. The predicted octanol–water partition coefficient (Wildman–Crippen LogP) is 2.23. The van der Waals surface area contributed by atoms with Crippen molar-refractivity contribution in [2.75, 3.05) is 0 Å². The first-order chi connectivity index (χ1) is 9.06. The molecule has 0 spiro atoms. The van der Waals surface area contributed by atoms with Crippen LogP contribution < -0.4 is 0 Å². The predicted molar refractivity (Wildman–Crippen MR) is 67.9 cm³/mol. The maximum atomic E-state index is 11.1. The van der Waals surface area contributed by atoms with E-state index in [1.807, 2.05) is 14.0 Å². The van der Waals surface area contributed by atoms with Crippen molar-refractivity contribution in [1.82, 2.24) is 14.8 Å². The Labute approximate surface area is 108 Å². The molecule has 0 fully saturated rings. The number of aryl methyl sites for hydroxylation is 2. The molecule has 1 N–H and O–H groups in total. The number of hydrogen-bond donors (Lipinski definition) is 1. The molecule has 2 heterocycles. The molecule has 0 radical (unpaired) electrons. The third-order valence-corrected chi connectivity index (χ3v) is 2.89. The fourth-order valence-electron chi connectivity index (χ4n) is 2.04. The Balaban J connectivity index is 2.25. The van der Waals surface area contributed by atoms with Gasteiger partial charge in [-0.05, 0) is 19.1 Å². The first-order valence-corrected chi connectivity index (χ1v) is 5.69. The Morgan fingerprint density at radius 3 is 2.84 bits per heavy atom. The lowest BCUT2D eigenvalue weighted by Crippen LogP contribution is -1.95. The molecule has 0 aliphatic heterocycles. The van der Waals surface area contributed by atoms with Crippen LogP contribution in [0.25, 0.3) is 22.6 Å². The van der Waals surface area contributed by atoms with E-state index < -0.39 is 5.97 Å². The monoisotopic (exact) mass is 257 g/mol. The quantitative estimate of drug-likeness (QED) is 0.761. The normalized spacial score (nSPS) is 11.1. The van der Waals surface area contributed by atoms with Crippen LogP contribution in [-0.2, 0) is 7.05 Å². The molecule has 19 heavy (non-hydrogen) atoms. The first-order valence-electron chi connectivity index (χ1n) is 5.69. The van der Waals surface area contributed by atoms with E-state index in [9.17, 15) is 4.79 Å². The Morgan fingerprint density at radius 1 is 1.42 bits per heavy atom. The van der Waals surface area contributed by atoms with E-state index in [2.05, 4.69) is 10.1 Å². The number of aromatic nitrogens is 3. The molecule has 0 amide bonds. The second kappa shape index (κ2) is 3.94. The molecule has 0 unspecified atom stereocenters. The minimum atomic E-state index is -1.03. The van der Waals surface area contributed by atoms with Crippen LogP contribution >= 0.6 is 0 Å². The van der Waals surface area contributed by atoms with E-state index in [4.69, 9.17) is 9.52 Å². The highest BCUT2D eigenvalue weighted by Crippen LogP contribution is 2.28. The zero-order valence-electron chi connectivity index (χ0n) is 10.4. The summed E-state index contributed by atoms with van der Waals surface area (Å²) in [6.45, 7) is 1.85. The number of carboxylic acids is 1. The summed E-state index contributed by atoms with van der Waals surface area (Å²) in [6.07, 6.45) is 1.79. The molecule has 6 nitrogen and oxygen atoms in total. The summed E-state index contributed by atoms with van der Waals surface area (Å²) < 4.78 is 7.26. The summed E-state index contributed by atoms with van der Waals surface area (Å²) in [6, 6.07) is 4.87. The summed E-state index contributed by atoms with van der Waals surface area (Å²) in [7, 11) is 1.81. The zero-order valence-corrected chi connectivity index (χ0v) is 10.4. The number of carbonyl (C=O) groups is 1. The lowest BCUT2D eigenvalue weighted by atomic mass is 10.2. The summed E-state index contributed by atoms with van der Waals surface area (Å²) in [5.41, 5.74) is 2.46. The average Bonchev–Trinajstić information content (AvgIpc) is 2.91. The number of benzene rings is 1. The Kier molecular flexibility index (Phi) is 2.38. The number of carboxylic acid groups (broad SMARTS) is 1. The van der Waals surface area contributed by atoms with Crippen molar-refractivity contribution in [2.45, 2.75) is 6.92 Å². The topological polar surface area (TPSA) is 81.2 Å². The van der Waals surface area contributed by atoms with E-state index in [1.165, 1.54) is 6.07 Å². The van der Waals surface area contributed by atoms with Crippen molar-refractivity contribution in [1.29, 1.82) is 0 Å². The van der Waals surface area contributed by atoms with Crippen LogP contribution in [0, 0.1) is 6.92 Å². The summed E-state index contributed by atoms with van der Waals surface area (Å²) >= 11 is 0. The lowest BCUT2D eigenvalue weighted by molar-refractivity contribution is 0.0698. The third-order valence-electron chi connectivity index (χ3n) is 2.89. The smallest absolute Gasteiger partial charge is 0.339 e. The molecule has 3 aromatic rings. The van der Waals surface area contributed by atoms with Gasteiger partial charge in [0.05, 0.1) is 11.3 Å². The molecule has 6 heteroatoms. The number of para-hydroxylation sites is 1. The van der Waals surface area contributed by atoms with Gasteiger partial charge in [0.1, 0.15) is 11.1 Å². The van der Waals surface area contributed by atoms with Crippen LogP contribution in [0.2, 0.25) is 0 Å². The maximum Gasteiger partial charge on any atom is 0.339 e. The van der Waals surface area contributed by atoms with Gasteiger partial charge in [-0.25, -0.2) is 9.78 Å². The molecule has 0 bridgehead atoms. The SMILES string of the molecule is Cc1nn(C)cc1-c1nc2cccc(C(=O)O)c2o1.